The molecule has 314 valence electrons. The van der Waals surface area contributed by atoms with E-state index < -0.39 is 85.5 Å². The minimum atomic E-state index is -1.51. The second-order valence-corrected chi connectivity index (χ2v) is 19.1. The topological polar surface area (TPSA) is 216 Å². The number of Topliss-reactive ketones (excluding diaryl/α,β-unsaturated/α-hetero) is 1. The number of hydrogen-bond donors (Lipinski definition) is 8. The van der Waals surface area contributed by atoms with Gasteiger partial charge in [0.25, 0.3) is 0 Å². The number of ketones is 1. The first-order valence-corrected chi connectivity index (χ1v) is 20.5. The van der Waals surface area contributed by atoms with Crippen molar-refractivity contribution in [1.29, 1.82) is 0 Å². The zero-order valence-electron chi connectivity index (χ0n) is 33.7. The summed E-state index contributed by atoms with van der Waals surface area (Å²) >= 11 is 0. The van der Waals surface area contributed by atoms with Gasteiger partial charge in [-0.05, 0) is 86.4 Å². The quantitative estimate of drug-likeness (QED) is 0.141. The minimum Gasteiger partial charge on any atom is -0.394 e. The Morgan fingerprint density at radius 2 is 1.45 bits per heavy atom. The molecule has 0 radical (unpaired) electrons. The van der Waals surface area contributed by atoms with Crippen LogP contribution in [0.3, 0.4) is 0 Å². The molecule has 0 aromatic carbocycles. The van der Waals surface area contributed by atoms with Crippen LogP contribution in [0.15, 0.2) is 23.3 Å². The summed E-state index contributed by atoms with van der Waals surface area (Å²) < 4.78 is 23.3. The van der Waals surface area contributed by atoms with Gasteiger partial charge >= 0.3 is 0 Å². The van der Waals surface area contributed by atoms with Crippen molar-refractivity contribution in [1.82, 2.24) is 0 Å². The molecule has 2 saturated heterocycles. The van der Waals surface area contributed by atoms with E-state index in [9.17, 15) is 45.6 Å². The van der Waals surface area contributed by atoms with Gasteiger partial charge in [0.1, 0.15) is 54.6 Å². The molecule has 0 aromatic rings. The number of allylic oxidation sites excluding steroid dienone is 2. The van der Waals surface area contributed by atoms with Gasteiger partial charge in [-0.3, -0.25) is 4.79 Å². The Hall–Kier alpha value is -1.33. The van der Waals surface area contributed by atoms with Crippen LogP contribution in [-0.4, -0.2) is 134 Å². The molecule has 0 spiro atoms. The van der Waals surface area contributed by atoms with Crippen LogP contribution in [0.5, 0.6) is 0 Å². The largest absolute Gasteiger partial charge is 0.394 e. The third-order valence-electron chi connectivity index (χ3n) is 15.9. The van der Waals surface area contributed by atoms with Crippen LogP contribution < -0.4 is 0 Å². The number of carbonyl (C=O) groups is 1. The smallest absolute Gasteiger partial charge is 0.187 e. The van der Waals surface area contributed by atoms with E-state index in [2.05, 4.69) is 53.7 Å². The fourth-order valence-corrected chi connectivity index (χ4v) is 12.2. The van der Waals surface area contributed by atoms with Gasteiger partial charge in [-0.1, -0.05) is 64.8 Å². The first kappa shape index (κ1) is 43.3. The van der Waals surface area contributed by atoms with E-state index in [1.165, 1.54) is 5.57 Å². The fourth-order valence-electron chi connectivity index (χ4n) is 12.2. The van der Waals surface area contributed by atoms with Crippen molar-refractivity contribution >= 4 is 5.78 Å². The summed E-state index contributed by atoms with van der Waals surface area (Å²) in [5.41, 5.74) is 0.946. The number of rotatable bonds is 11. The Bertz CT molecular complexity index is 1450. The molecular weight excluding hydrogens is 712 g/mol. The molecule has 6 rings (SSSR count). The highest BCUT2D eigenvalue weighted by Gasteiger charge is 2.70. The molecule has 5 fully saturated rings. The number of aliphatic hydroxyl groups excluding tert-OH is 8. The molecule has 0 aromatic heterocycles. The summed E-state index contributed by atoms with van der Waals surface area (Å²) in [5.74, 6) is 1.35. The third-order valence-corrected chi connectivity index (χ3v) is 15.9. The lowest BCUT2D eigenvalue weighted by Gasteiger charge is -2.65. The predicted octanol–water partition coefficient (Wildman–Crippen LogP) is 2.13. The summed E-state index contributed by atoms with van der Waals surface area (Å²) in [6.45, 7) is 14.6. The number of ether oxygens (including phenoxy) is 4. The van der Waals surface area contributed by atoms with Gasteiger partial charge in [0, 0.05) is 17.3 Å². The fraction of sp³-hybridized carbons (Fsp3) is 0.881. The lowest BCUT2D eigenvalue weighted by Crippen LogP contribution is -2.64. The molecule has 8 N–H and O–H groups in total. The highest BCUT2D eigenvalue weighted by molar-refractivity contribution is 5.88. The van der Waals surface area contributed by atoms with Crippen molar-refractivity contribution in [2.24, 2.45) is 45.3 Å². The molecule has 2 aliphatic heterocycles. The number of hydrogen-bond acceptors (Lipinski definition) is 13. The van der Waals surface area contributed by atoms with E-state index in [-0.39, 0.29) is 35.4 Å². The number of aliphatic hydroxyl groups is 8. The van der Waals surface area contributed by atoms with E-state index >= 15 is 0 Å². The molecule has 18 unspecified atom stereocenters. The lowest BCUT2D eigenvalue weighted by molar-refractivity contribution is -0.319. The lowest BCUT2D eigenvalue weighted by atomic mass is 9.38. The Labute approximate surface area is 325 Å². The van der Waals surface area contributed by atoms with E-state index in [1.807, 2.05) is 6.92 Å². The molecule has 55 heavy (non-hydrogen) atoms. The molecule has 13 heteroatoms. The Kier molecular flexibility index (Phi) is 12.6. The molecule has 18 atom stereocenters. The summed E-state index contributed by atoms with van der Waals surface area (Å²) in [5, 5.41) is 81.0. The average Bonchev–Trinajstić information content (AvgIpc) is 3.41. The van der Waals surface area contributed by atoms with Crippen molar-refractivity contribution in [3.05, 3.63) is 23.3 Å². The van der Waals surface area contributed by atoms with E-state index in [0.717, 1.165) is 44.1 Å². The van der Waals surface area contributed by atoms with E-state index in [0.29, 0.717) is 30.5 Å². The van der Waals surface area contributed by atoms with Gasteiger partial charge in [0.15, 0.2) is 12.6 Å². The maximum atomic E-state index is 14.8. The van der Waals surface area contributed by atoms with Crippen LogP contribution in [0.2, 0.25) is 0 Å². The second-order valence-electron chi connectivity index (χ2n) is 19.1. The predicted molar refractivity (Wildman–Crippen MR) is 200 cm³/mol. The Morgan fingerprint density at radius 1 is 0.855 bits per heavy atom. The summed E-state index contributed by atoms with van der Waals surface area (Å²) in [7, 11) is 0. The van der Waals surface area contributed by atoms with Crippen LogP contribution in [0.1, 0.15) is 99.8 Å². The summed E-state index contributed by atoms with van der Waals surface area (Å²) in [6.07, 6.45) is -2.48. The zero-order chi connectivity index (χ0) is 40.4. The zero-order valence-corrected chi connectivity index (χ0v) is 33.7. The van der Waals surface area contributed by atoms with Gasteiger partial charge in [0.2, 0.25) is 0 Å². The van der Waals surface area contributed by atoms with Crippen molar-refractivity contribution in [2.45, 2.75) is 167 Å². The van der Waals surface area contributed by atoms with Gasteiger partial charge in [-0.25, -0.2) is 0 Å². The van der Waals surface area contributed by atoms with Gasteiger partial charge in [-0.2, -0.15) is 0 Å². The van der Waals surface area contributed by atoms with Crippen LogP contribution in [-0.2, 0) is 23.7 Å². The first-order chi connectivity index (χ1) is 25.8. The van der Waals surface area contributed by atoms with Crippen LogP contribution in [0, 0.1) is 45.3 Å². The maximum Gasteiger partial charge on any atom is 0.187 e. The van der Waals surface area contributed by atoms with Crippen molar-refractivity contribution in [3.63, 3.8) is 0 Å². The molecule has 0 bridgehead atoms. The van der Waals surface area contributed by atoms with Gasteiger partial charge < -0.3 is 59.8 Å². The van der Waals surface area contributed by atoms with Crippen molar-refractivity contribution in [2.75, 3.05) is 19.8 Å². The van der Waals surface area contributed by atoms with Crippen LogP contribution in [0.4, 0.5) is 0 Å². The minimum absolute atomic E-state index is 0.0323. The monoisotopic (exact) mass is 780 g/mol. The average molecular weight is 781 g/mol. The normalized spacial score (nSPS) is 49.1. The Morgan fingerprint density at radius 3 is 2.07 bits per heavy atom. The number of fused-ring (bicyclic) bond motifs is 5. The summed E-state index contributed by atoms with van der Waals surface area (Å²) in [6, 6.07) is 0. The van der Waals surface area contributed by atoms with Crippen molar-refractivity contribution < 1.29 is 64.6 Å². The second kappa shape index (κ2) is 16.0. The highest BCUT2D eigenvalue weighted by atomic mass is 16.7. The maximum absolute atomic E-state index is 14.8. The summed E-state index contributed by atoms with van der Waals surface area (Å²) in [4.78, 5) is 14.8. The van der Waals surface area contributed by atoms with Crippen LogP contribution >= 0.6 is 0 Å². The van der Waals surface area contributed by atoms with Crippen molar-refractivity contribution in [3.8, 4) is 0 Å². The Balaban J connectivity index is 1.11. The van der Waals surface area contributed by atoms with E-state index in [4.69, 9.17) is 18.9 Å². The first-order valence-electron chi connectivity index (χ1n) is 20.5. The molecular formula is C42H68O13. The third kappa shape index (κ3) is 7.13. The molecule has 4 aliphatic carbocycles. The molecule has 0 amide bonds. The molecule has 3 saturated carbocycles. The SMILES string of the molecule is CC(=CCCC(C)C1CCC2(C)C3CC=C4C(CCC(OC5OC(CO)C(O)C(O)C5O)C4(C)C)C3(C)C(=O)CC12C)COC1OC(CO)C(O)C(O)C1O. The van der Waals surface area contributed by atoms with Crippen LogP contribution in [0.25, 0.3) is 0 Å². The number of carbonyl (C=O) groups excluding carboxylic acids is 1. The van der Waals surface area contributed by atoms with Gasteiger partial charge in [-0.15, -0.1) is 0 Å². The van der Waals surface area contributed by atoms with E-state index in [1.54, 1.807) is 0 Å². The molecule has 6 aliphatic rings. The van der Waals surface area contributed by atoms with Gasteiger partial charge in [0.05, 0.1) is 25.9 Å². The standard InChI is InChI=1S/C42H68O13/c1-21(20-52-37-35(50)33(48)31(46)26(18-43)53-37)9-8-10-22(2)23-15-16-40(5)28-13-11-24-25(42(28,7)29(45)17-41(23,40)6)12-14-30(39(24,3)4)55-38-36(51)34(49)32(47)27(19-44)54-38/h9,11,22-23,25-28,30-38,43-44,46-51H,8,10,12-20H2,1-7H3. The molecule has 2 heterocycles. The highest BCUT2D eigenvalue weighted by Crippen LogP contribution is 2.74. The molecule has 13 nitrogen and oxygen atoms in total.